The van der Waals surface area contributed by atoms with Gasteiger partial charge in [-0.25, -0.2) is 0 Å². The number of hydrogen-bond donors (Lipinski definition) is 1. The second kappa shape index (κ2) is 9.26. The Morgan fingerprint density at radius 1 is 1.10 bits per heavy atom. The summed E-state index contributed by atoms with van der Waals surface area (Å²) < 4.78 is 5.89. The molecule has 1 saturated carbocycles. The van der Waals surface area contributed by atoms with Crippen LogP contribution in [0.15, 0.2) is 30.3 Å². The van der Waals surface area contributed by atoms with Crippen LogP contribution in [0, 0.1) is 5.92 Å². The normalized spacial score (nSPS) is 31.5. The third-order valence-corrected chi connectivity index (χ3v) is 6.84. The minimum absolute atomic E-state index is 0.0509. The Balaban J connectivity index is 1.28. The van der Waals surface area contributed by atoms with Crippen molar-refractivity contribution in [1.29, 1.82) is 0 Å². The quantitative estimate of drug-likeness (QED) is 0.797. The van der Waals surface area contributed by atoms with Crippen molar-refractivity contribution < 1.29 is 14.3 Å². The van der Waals surface area contributed by atoms with E-state index in [9.17, 15) is 9.59 Å². The summed E-state index contributed by atoms with van der Waals surface area (Å²) in [5, 5.41) is 3.05. The van der Waals surface area contributed by atoms with Crippen LogP contribution in [0.2, 0.25) is 0 Å². The molecule has 1 aromatic rings. The number of benzene rings is 1. The van der Waals surface area contributed by atoms with E-state index in [2.05, 4.69) is 17.1 Å². The van der Waals surface area contributed by atoms with Crippen molar-refractivity contribution in [1.82, 2.24) is 15.1 Å². The molecule has 2 saturated heterocycles. The van der Waals surface area contributed by atoms with Gasteiger partial charge in [0, 0.05) is 43.8 Å². The van der Waals surface area contributed by atoms with E-state index in [0.29, 0.717) is 19.0 Å². The van der Waals surface area contributed by atoms with E-state index < -0.39 is 0 Å². The Morgan fingerprint density at radius 3 is 2.69 bits per heavy atom. The molecule has 3 aliphatic rings. The van der Waals surface area contributed by atoms with E-state index in [1.54, 1.807) is 0 Å². The van der Waals surface area contributed by atoms with Crippen LogP contribution in [0.25, 0.3) is 0 Å². The highest BCUT2D eigenvalue weighted by molar-refractivity contribution is 5.94. The lowest BCUT2D eigenvalue weighted by molar-refractivity contribution is -0.129. The molecule has 2 aliphatic heterocycles. The van der Waals surface area contributed by atoms with E-state index in [4.69, 9.17) is 4.74 Å². The lowest BCUT2D eigenvalue weighted by Gasteiger charge is -2.40. The standard InChI is InChI=1S/C23H33N3O3/c1-17-7-5-6-10-21(17)29-16-22(27)24-13-20-15-26(19-11-12-25(20)14-19)23(28)18-8-3-2-4-9-18/h2-4,8-9,17,19-21H,5-7,10-16H2,1H3,(H,24,27)/t17-,19+,20+,21+/m1/s1. The molecule has 2 amide bonds. The van der Waals surface area contributed by atoms with Crippen molar-refractivity contribution >= 4 is 11.8 Å². The van der Waals surface area contributed by atoms with Crippen LogP contribution < -0.4 is 5.32 Å². The zero-order chi connectivity index (χ0) is 20.2. The first kappa shape index (κ1) is 20.4. The summed E-state index contributed by atoms with van der Waals surface area (Å²) in [7, 11) is 0. The summed E-state index contributed by atoms with van der Waals surface area (Å²) in [6, 6.07) is 9.95. The molecule has 4 rings (SSSR count). The zero-order valence-corrected chi connectivity index (χ0v) is 17.4. The molecule has 0 radical (unpaired) electrons. The first-order valence-corrected chi connectivity index (χ1v) is 11.1. The molecule has 158 valence electrons. The van der Waals surface area contributed by atoms with E-state index in [1.807, 2.05) is 35.2 Å². The van der Waals surface area contributed by atoms with Crippen LogP contribution in [0.1, 0.15) is 49.4 Å². The predicted molar refractivity (Wildman–Crippen MR) is 112 cm³/mol. The number of rotatable bonds is 6. The van der Waals surface area contributed by atoms with E-state index >= 15 is 0 Å². The van der Waals surface area contributed by atoms with Gasteiger partial charge in [0.1, 0.15) is 6.61 Å². The summed E-state index contributed by atoms with van der Waals surface area (Å²) in [5.41, 5.74) is 0.741. The number of ether oxygens (including phenoxy) is 1. The maximum absolute atomic E-state index is 13.0. The van der Waals surface area contributed by atoms with Crippen LogP contribution in [-0.4, -0.2) is 72.6 Å². The van der Waals surface area contributed by atoms with E-state index in [1.165, 1.54) is 19.3 Å². The Bertz CT molecular complexity index is 711. The van der Waals surface area contributed by atoms with Gasteiger partial charge in [-0.05, 0) is 37.3 Å². The average Bonchev–Trinajstić information content (AvgIpc) is 3.17. The monoisotopic (exact) mass is 399 g/mol. The second-order valence-electron chi connectivity index (χ2n) is 8.83. The fourth-order valence-electron chi connectivity index (χ4n) is 5.03. The molecule has 2 bridgehead atoms. The van der Waals surface area contributed by atoms with Crippen molar-refractivity contribution in [3.63, 3.8) is 0 Å². The van der Waals surface area contributed by atoms with Gasteiger partial charge in [0.05, 0.1) is 6.10 Å². The topological polar surface area (TPSA) is 61.9 Å². The molecule has 6 nitrogen and oxygen atoms in total. The van der Waals surface area contributed by atoms with Gasteiger partial charge in [0.25, 0.3) is 5.91 Å². The van der Waals surface area contributed by atoms with E-state index in [-0.39, 0.29) is 36.6 Å². The maximum atomic E-state index is 13.0. The van der Waals surface area contributed by atoms with Crippen molar-refractivity contribution in [2.45, 2.75) is 57.2 Å². The molecule has 3 fully saturated rings. The first-order chi connectivity index (χ1) is 14.1. The van der Waals surface area contributed by atoms with Crippen LogP contribution in [0.3, 0.4) is 0 Å². The SMILES string of the molecule is C[C@@H]1CCCC[C@@H]1OCC(=O)NC[C@H]1CN(C(=O)c2ccccc2)[C@H]2CCN1C2. The van der Waals surface area contributed by atoms with Crippen molar-refractivity contribution in [3.8, 4) is 0 Å². The number of carbonyl (C=O) groups excluding carboxylic acids is 2. The first-order valence-electron chi connectivity index (χ1n) is 11.1. The van der Waals surface area contributed by atoms with E-state index in [0.717, 1.165) is 31.5 Å². The fourth-order valence-corrected chi connectivity index (χ4v) is 5.03. The summed E-state index contributed by atoms with van der Waals surface area (Å²) >= 11 is 0. The van der Waals surface area contributed by atoms with Gasteiger partial charge >= 0.3 is 0 Å². The molecule has 5 atom stereocenters. The molecule has 1 N–H and O–H groups in total. The second-order valence-corrected chi connectivity index (χ2v) is 8.83. The third kappa shape index (κ3) is 4.81. The summed E-state index contributed by atoms with van der Waals surface area (Å²) in [4.78, 5) is 29.7. The molecule has 6 heteroatoms. The predicted octanol–water partition coefficient (Wildman–Crippen LogP) is 2.30. The number of amides is 2. The van der Waals surface area contributed by atoms with Gasteiger partial charge in [0.2, 0.25) is 5.91 Å². The number of hydrogen-bond acceptors (Lipinski definition) is 4. The molecule has 1 aromatic carbocycles. The highest BCUT2D eigenvalue weighted by atomic mass is 16.5. The maximum Gasteiger partial charge on any atom is 0.254 e. The Hall–Kier alpha value is -1.92. The minimum Gasteiger partial charge on any atom is -0.368 e. The lowest BCUT2D eigenvalue weighted by atomic mass is 9.88. The van der Waals surface area contributed by atoms with Gasteiger partial charge in [-0.2, -0.15) is 0 Å². The number of piperazine rings is 1. The zero-order valence-electron chi connectivity index (χ0n) is 17.4. The molecule has 0 aromatic heterocycles. The van der Waals surface area contributed by atoms with Gasteiger partial charge < -0.3 is 15.0 Å². The van der Waals surface area contributed by atoms with Crippen molar-refractivity contribution in [2.75, 3.05) is 32.8 Å². The Labute approximate surface area is 173 Å². The molecule has 29 heavy (non-hydrogen) atoms. The van der Waals surface area contributed by atoms with Gasteiger partial charge in [-0.3, -0.25) is 14.5 Å². The smallest absolute Gasteiger partial charge is 0.254 e. The molecule has 2 heterocycles. The summed E-state index contributed by atoms with van der Waals surface area (Å²) in [6.07, 6.45) is 5.93. The number of nitrogens with one attached hydrogen (secondary N) is 1. The Morgan fingerprint density at radius 2 is 1.90 bits per heavy atom. The summed E-state index contributed by atoms with van der Waals surface area (Å²) in [5.74, 6) is 0.585. The highest BCUT2D eigenvalue weighted by Gasteiger charge is 2.40. The minimum atomic E-state index is -0.0509. The van der Waals surface area contributed by atoms with Gasteiger partial charge in [-0.15, -0.1) is 0 Å². The van der Waals surface area contributed by atoms with Gasteiger partial charge in [0.15, 0.2) is 0 Å². The van der Waals surface area contributed by atoms with Crippen LogP contribution in [0.4, 0.5) is 0 Å². The van der Waals surface area contributed by atoms with Gasteiger partial charge in [-0.1, -0.05) is 38.0 Å². The summed E-state index contributed by atoms with van der Waals surface area (Å²) in [6.45, 7) is 5.46. The number of carbonyl (C=O) groups is 2. The fraction of sp³-hybridized carbons (Fsp3) is 0.652. The molecular formula is C23H33N3O3. The van der Waals surface area contributed by atoms with Crippen LogP contribution in [0.5, 0.6) is 0 Å². The number of fused-ring (bicyclic) bond motifs is 2. The molecule has 1 unspecified atom stereocenters. The average molecular weight is 400 g/mol. The van der Waals surface area contributed by atoms with Crippen molar-refractivity contribution in [3.05, 3.63) is 35.9 Å². The number of nitrogens with zero attached hydrogens (tertiary/aromatic N) is 2. The highest BCUT2D eigenvalue weighted by Crippen LogP contribution is 2.27. The molecule has 0 spiro atoms. The third-order valence-electron chi connectivity index (χ3n) is 6.84. The largest absolute Gasteiger partial charge is 0.368 e. The van der Waals surface area contributed by atoms with Crippen molar-refractivity contribution in [2.24, 2.45) is 5.92 Å². The van der Waals surface area contributed by atoms with Crippen LogP contribution in [-0.2, 0) is 9.53 Å². The Kier molecular flexibility index (Phi) is 6.50. The lowest BCUT2D eigenvalue weighted by Crippen LogP contribution is -2.57. The van der Waals surface area contributed by atoms with Crippen LogP contribution >= 0.6 is 0 Å². The molecule has 1 aliphatic carbocycles. The molecular weight excluding hydrogens is 366 g/mol.